The number of hydrogen-bond acceptors (Lipinski definition) is 4. The molecule has 5 heteroatoms. The van der Waals surface area contributed by atoms with Gasteiger partial charge in [-0.05, 0) is 35.7 Å². The molecule has 4 aromatic rings. The summed E-state index contributed by atoms with van der Waals surface area (Å²) in [6, 6.07) is 34.8. The number of rotatable bonds is 7. The fourth-order valence-corrected chi connectivity index (χ4v) is 4.24. The largest absolute Gasteiger partial charge is 0.323 e. The van der Waals surface area contributed by atoms with Gasteiger partial charge < -0.3 is 0 Å². The molecule has 4 nitrogen and oxygen atoms in total. The lowest BCUT2D eigenvalue weighted by atomic mass is 9.80. The fraction of sp³-hybridized carbons (Fsp3) is 0.0769. The third-order valence-electron chi connectivity index (χ3n) is 5.10. The second-order valence-electron chi connectivity index (χ2n) is 7.20. The SMILES string of the molecule is Cc1ccc(S(=O)(=O)OOC(c2ccccc2)(c2ccccc2)c2ccccc2)cc1. The first-order valence-corrected chi connectivity index (χ1v) is 11.3. The Morgan fingerprint density at radius 1 is 0.581 bits per heavy atom. The maximum absolute atomic E-state index is 12.9. The van der Waals surface area contributed by atoms with Crippen LogP contribution in [-0.4, -0.2) is 8.42 Å². The summed E-state index contributed by atoms with van der Waals surface area (Å²) in [4.78, 5) is 5.98. The van der Waals surface area contributed by atoms with E-state index in [-0.39, 0.29) is 4.90 Å². The minimum Gasteiger partial charge on any atom is -0.198 e. The summed E-state index contributed by atoms with van der Waals surface area (Å²) in [5.41, 5.74) is 1.89. The Kier molecular flexibility index (Phi) is 6.00. The Morgan fingerprint density at radius 2 is 0.968 bits per heavy atom. The van der Waals surface area contributed by atoms with Crippen molar-refractivity contribution < 1.29 is 17.6 Å². The van der Waals surface area contributed by atoms with Gasteiger partial charge in [-0.1, -0.05) is 109 Å². The van der Waals surface area contributed by atoms with E-state index in [4.69, 9.17) is 9.22 Å². The monoisotopic (exact) mass is 430 g/mol. The van der Waals surface area contributed by atoms with Gasteiger partial charge in [0.05, 0.1) is 4.90 Å². The highest BCUT2D eigenvalue weighted by Gasteiger charge is 2.41. The Morgan fingerprint density at radius 3 is 1.35 bits per heavy atom. The standard InChI is InChI=1S/C26H22O4S/c1-21-17-19-25(20-18-21)31(27,28)30-29-26(22-11-5-2-6-12-22,23-13-7-3-8-14-23)24-15-9-4-10-16-24/h2-20H,1H3. The van der Waals surface area contributed by atoms with Crippen LogP contribution in [0.2, 0.25) is 0 Å². The zero-order valence-electron chi connectivity index (χ0n) is 17.0. The third kappa shape index (κ3) is 4.30. The Bertz CT molecular complexity index is 1120. The van der Waals surface area contributed by atoms with Gasteiger partial charge >= 0.3 is 10.1 Å². The van der Waals surface area contributed by atoms with E-state index in [1.54, 1.807) is 12.1 Å². The Hall–Kier alpha value is -3.25. The molecule has 156 valence electrons. The van der Waals surface area contributed by atoms with Gasteiger partial charge in [0.25, 0.3) is 0 Å². The molecule has 0 aromatic heterocycles. The molecular formula is C26H22O4S. The molecule has 0 fully saturated rings. The number of hydrogen-bond donors (Lipinski definition) is 0. The van der Waals surface area contributed by atoms with Gasteiger partial charge in [0.2, 0.25) is 0 Å². The van der Waals surface area contributed by atoms with Crippen LogP contribution in [0.4, 0.5) is 0 Å². The van der Waals surface area contributed by atoms with E-state index >= 15 is 0 Å². The first-order chi connectivity index (χ1) is 15.0. The third-order valence-corrected chi connectivity index (χ3v) is 6.20. The molecule has 0 unspecified atom stereocenters. The smallest absolute Gasteiger partial charge is 0.198 e. The Balaban J connectivity index is 1.85. The molecule has 0 aliphatic rings. The van der Waals surface area contributed by atoms with Crippen molar-refractivity contribution in [2.24, 2.45) is 0 Å². The van der Waals surface area contributed by atoms with Crippen molar-refractivity contribution in [3.05, 3.63) is 138 Å². The summed E-state index contributed by atoms with van der Waals surface area (Å²) in [6.45, 7) is 1.89. The van der Waals surface area contributed by atoms with Crippen molar-refractivity contribution in [2.45, 2.75) is 17.4 Å². The van der Waals surface area contributed by atoms with Gasteiger partial charge in [0, 0.05) is 0 Å². The summed E-state index contributed by atoms with van der Waals surface area (Å²) in [5.74, 6) is 0. The van der Waals surface area contributed by atoms with Crippen molar-refractivity contribution >= 4 is 10.1 Å². The Labute approximate surface area is 182 Å². The predicted octanol–water partition coefficient (Wildman–Crippen LogP) is 5.62. The van der Waals surface area contributed by atoms with Crippen LogP contribution in [0.3, 0.4) is 0 Å². The molecule has 0 N–H and O–H groups in total. The van der Waals surface area contributed by atoms with E-state index in [0.29, 0.717) is 0 Å². The van der Waals surface area contributed by atoms with Crippen LogP contribution in [0, 0.1) is 6.92 Å². The predicted molar refractivity (Wildman–Crippen MR) is 120 cm³/mol. The van der Waals surface area contributed by atoms with Crippen molar-refractivity contribution in [3.8, 4) is 0 Å². The summed E-state index contributed by atoms with van der Waals surface area (Å²) in [5, 5.41) is 0. The van der Waals surface area contributed by atoms with Gasteiger partial charge in [0.1, 0.15) is 0 Å². The topological polar surface area (TPSA) is 52.6 Å². The molecule has 0 spiro atoms. The van der Waals surface area contributed by atoms with Gasteiger partial charge in [-0.2, -0.15) is 13.3 Å². The summed E-state index contributed by atoms with van der Waals surface area (Å²) in [6.07, 6.45) is 0. The van der Waals surface area contributed by atoms with E-state index in [0.717, 1.165) is 22.3 Å². The first-order valence-electron chi connectivity index (χ1n) is 9.88. The normalized spacial score (nSPS) is 11.9. The van der Waals surface area contributed by atoms with E-state index in [1.807, 2.05) is 97.9 Å². The lowest BCUT2D eigenvalue weighted by molar-refractivity contribution is -0.265. The fourth-order valence-electron chi connectivity index (χ4n) is 3.50. The summed E-state index contributed by atoms with van der Waals surface area (Å²) >= 11 is 0. The minimum atomic E-state index is -4.16. The maximum Gasteiger partial charge on any atom is 0.323 e. The quantitative estimate of drug-likeness (QED) is 0.217. The van der Waals surface area contributed by atoms with Crippen molar-refractivity contribution in [1.82, 2.24) is 0 Å². The molecule has 0 bridgehead atoms. The first kappa shape index (κ1) is 21.0. The lowest BCUT2D eigenvalue weighted by Crippen LogP contribution is -2.34. The minimum absolute atomic E-state index is 0.0289. The zero-order valence-corrected chi connectivity index (χ0v) is 17.8. The van der Waals surface area contributed by atoms with E-state index < -0.39 is 15.7 Å². The van der Waals surface area contributed by atoms with Gasteiger partial charge in [-0.3, -0.25) is 0 Å². The van der Waals surface area contributed by atoms with Gasteiger partial charge in [0.15, 0.2) is 5.60 Å². The average molecular weight is 431 g/mol. The summed E-state index contributed by atoms with van der Waals surface area (Å²) < 4.78 is 31.1. The molecule has 0 heterocycles. The van der Waals surface area contributed by atoms with Crippen LogP contribution in [-0.2, 0) is 24.9 Å². The highest BCUT2D eigenvalue weighted by Crippen LogP contribution is 2.41. The van der Waals surface area contributed by atoms with Crippen LogP contribution < -0.4 is 0 Å². The van der Waals surface area contributed by atoms with Crippen LogP contribution in [0.25, 0.3) is 0 Å². The van der Waals surface area contributed by atoms with E-state index in [2.05, 4.69) is 0 Å². The molecule has 0 radical (unpaired) electrons. The zero-order chi connectivity index (χ0) is 21.7. The van der Waals surface area contributed by atoms with Crippen LogP contribution in [0.1, 0.15) is 22.3 Å². The molecule has 31 heavy (non-hydrogen) atoms. The molecule has 0 saturated heterocycles. The molecule has 0 atom stereocenters. The molecule has 0 aliphatic carbocycles. The number of aryl methyl sites for hydroxylation is 1. The van der Waals surface area contributed by atoms with Gasteiger partial charge in [-0.25, -0.2) is 0 Å². The van der Waals surface area contributed by atoms with E-state index in [1.165, 1.54) is 12.1 Å². The highest BCUT2D eigenvalue weighted by molar-refractivity contribution is 7.86. The van der Waals surface area contributed by atoms with E-state index in [9.17, 15) is 8.42 Å². The lowest BCUT2D eigenvalue weighted by Gasteiger charge is -2.33. The van der Waals surface area contributed by atoms with Gasteiger partial charge in [-0.15, -0.1) is 4.33 Å². The van der Waals surface area contributed by atoms with Crippen molar-refractivity contribution in [3.63, 3.8) is 0 Å². The second kappa shape index (κ2) is 8.86. The molecule has 0 amide bonds. The molecular weight excluding hydrogens is 408 g/mol. The maximum atomic E-state index is 12.9. The molecule has 0 saturated carbocycles. The number of benzene rings is 4. The molecule has 0 aliphatic heterocycles. The average Bonchev–Trinajstić information content (AvgIpc) is 2.82. The van der Waals surface area contributed by atoms with Crippen LogP contribution in [0.5, 0.6) is 0 Å². The highest BCUT2D eigenvalue weighted by atomic mass is 32.2. The van der Waals surface area contributed by atoms with Crippen LogP contribution in [0.15, 0.2) is 120 Å². The van der Waals surface area contributed by atoms with Crippen molar-refractivity contribution in [2.75, 3.05) is 0 Å². The summed E-state index contributed by atoms with van der Waals surface area (Å²) in [7, 11) is -4.16. The molecule has 4 aromatic carbocycles. The molecule has 4 rings (SSSR count). The second-order valence-corrected chi connectivity index (χ2v) is 8.71. The van der Waals surface area contributed by atoms with Crippen LogP contribution >= 0.6 is 0 Å². The van der Waals surface area contributed by atoms with Crippen molar-refractivity contribution in [1.29, 1.82) is 0 Å².